The first-order valence-electron chi connectivity index (χ1n) is 7.36. The van der Waals surface area contributed by atoms with Gasteiger partial charge in [-0.05, 0) is 17.9 Å². The predicted molar refractivity (Wildman–Crippen MR) is 84.5 cm³/mol. The summed E-state index contributed by atoms with van der Waals surface area (Å²) in [5.41, 5.74) is 2.08. The SMILES string of the molecule is CC(C)Cc1ccc(-c2nccn2Cc2n[nH]c(=O)[nH]2)cc1. The van der Waals surface area contributed by atoms with Gasteiger partial charge in [0.15, 0.2) is 5.82 Å². The second-order valence-electron chi connectivity index (χ2n) is 5.80. The number of aromatic amines is 2. The zero-order chi connectivity index (χ0) is 15.5. The highest BCUT2D eigenvalue weighted by Gasteiger charge is 2.08. The average Bonchev–Trinajstić information content (AvgIpc) is 3.09. The fourth-order valence-corrected chi connectivity index (χ4v) is 2.50. The third-order valence-electron chi connectivity index (χ3n) is 3.44. The molecule has 0 atom stereocenters. The summed E-state index contributed by atoms with van der Waals surface area (Å²) in [6.07, 6.45) is 4.70. The van der Waals surface area contributed by atoms with Crippen molar-refractivity contribution in [1.82, 2.24) is 24.7 Å². The van der Waals surface area contributed by atoms with Gasteiger partial charge in [-0.1, -0.05) is 38.1 Å². The van der Waals surface area contributed by atoms with E-state index >= 15 is 0 Å². The molecule has 6 nitrogen and oxygen atoms in total. The van der Waals surface area contributed by atoms with Gasteiger partial charge in [-0.3, -0.25) is 4.98 Å². The van der Waals surface area contributed by atoms with Crippen LogP contribution in [0.4, 0.5) is 0 Å². The number of benzene rings is 1. The average molecular weight is 297 g/mol. The lowest BCUT2D eigenvalue weighted by atomic mass is 10.0. The molecular formula is C16H19N5O. The van der Waals surface area contributed by atoms with Gasteiger partial charge in [0.2, 0.25) is 0 Å². The van der Waals surface area contributed by atoms with Crippen molar-refractivity contribution in [3.05, 3.63) is 58.5 Å². The molecule has 3 rings (SSSR count). The Balaban J connectivity index is 1.83. The number of nitrogens with zero attached hydrogens (tertiary/aromatic N) is 3. The number of imidazole rings is 1. The summed E-state index contributed by atoms with van der Waals surface area (Å²) in [5.74, 6) is 2.09. The van der Waals surface area contributed by atoms with Crippen LogP contribution in [0.3, 0.4) is 0 Å². The summed E-state index contributed by atoms with van der Waals surface area (Å²) in [5, 5.41) is 6.30. The molecule has 2 aromatic heterocycles. The molecule has 0 saturated carbocycles. The fourth-order valence-electron chi connectivity index (χ4n) is 2.50. The Labute approximate surface area is 128 Å². The van der Waals surface area contributed by atoms with Crippen LogP contribution in [0.2, 0.25) is 0 Å². The van der Waals surface area contributed by atoms with E-state index in [4.69, 9.17) is 0 Å². The van der Waals surface area contributed by atoms with Crippen molar-refractivity contribution < 1.29 is 0 Å². The molecule has 6 heteroatoms. The van der Waals surface area contributed by atoms with Crippen LogP contribution in [-0.2, 0) is 13.0 Å². The summed E-state index contributed by atoms with van der Waals surface area (Å²) in [4.78, 5) is 18.2. The van der Waals surface area contributed by atoms with Gasteiger partial charge in [0, 0.05) is 18.0 Å². The lowest BCUT2D eigenvalue weighted by Gasteiger charge is -2.08. The van der Waals surface area contributed by atoms with Crippen molar-refractivity contribution in [2.24, 2.45) is 5.92 Å². The molecule has 114 valence electrons. The zero-order valence-electron chi connectivity index (χ0n) is 12.7. The number of H-pyrrole nitrogens is 2. The number of aromatic nitrogens is 5. The molecule has 2 heterocycles. The van der Waals surface area contributed by atoms with Gasteiger partial charge < -0.3 is 4.57 Å². The van der Waals surface area contributed by atoms with Crippen LogP contribution in [-0.4, -0.2) is 24.7 Å². The highest BCUT2D eigenvalue weighted by atomic mass is 16.1. The Bertz CT molecular complexity index is 794. The molecule has 0 radical (unpaired) electrons. The molecular weight excluding hydrogens is 278 g/mol. The molecule has 0 aliphatic rings. The fraction of sp³-hybridized carbons (Fsp3) is 0.312. The molecule has 0 unspecified atom stereocenters. The van der Waals surface area contributed by atoms with E-state index in [1.165, 1.54) is 5.56 Å². The van der Waals surface area contributed by atoms with Crippen molar-refractivity contribution in [2.45, 2.75) is 26.8 Å². The molecule has 0 saturated heterocycles. The minimum atomic E-state index is -0.297. The maximum atomic E-state index is 11.1. The highest BCUT2D eigenvalue weighted by molar-refractivity contribution is 5.56. The molecule has 3 aromatic rings. The summed E-state index contributed by atoms with van der Waals surface area (Å²) in [6, 6.07) is 8.46. The summed E-state index contributed by atoms with van der Waals surface area (Å²) < 4.78 is 1.96. The van der Waals surface area contributed by atoms with Crippen LogP contribution in [0.25, 0.3) is 11.4 Å². The Hall–Kier alpha value is -2.63. The highest BCUT2D eigenvalue weighted by Crippen LogP contribution is 2.19. The molecule has 22 heavy (non-hydrogen) atoms. The molecule has 1 aromatic carbocycles. The molecule has 2 N–H and O–H groups in total. The minimum Gasteiger partial charge on any atom is -0.323 e. The number of nitrogens with one attached hydrogen (secondary N) is 2. The van der Waals surface area contributed by atoms with E-state index in [9.17, 15) is 4.79 Å². The van der Waals surface area contributed by atoms with Gasteiger partial charge in [0.1, 0.15) is 5.82 Å². The van der Waals surface area contributed by atoms with Crippen LogP contribution in [0.5, 0.6) is 0 Å². The first-order valence-corrected chi connectivity index (χ1v) is 7.36. The van der Waals surface area contributed by atoms with Crippen LogP contribution in [0.1, 0.15) is 25.2 Å². The maximum absolute atomic E-state index is 11.1. The topological polar surface area (TPSA) is 79.4 Å². The van der Waals surface area contributed by atoms with Gasteiger partial charge in [0.05, 0.1) is 6.54 Å². The lowest BCUT2D eigenvalue weighted by Crippen LogP contribution is -2.05. The molecule has 0 spiro atoms. The van der Waals surface area contributed by atoms with Gasteiger partial charge in [-0.25, -0.2) is 14.9 Å². The minimum absolute atomic E-state index is 0.297. The van der Waals surface area contributed by atoms with Crippen molar-refractivity contribution in [3.8, 4) is 11.4 Å². The smallest absolute Gasteiger partial charge is 0.323 e. The summed E-state index contributed by atoms with van der Waals surface area (Å²) in [7, 11) is 0. The van der Waals surface area contributed by atoms with E-state index in [1.807, 2.05) is 10.8 Å². The third-order valence-corrected chi connectivity index (χ3v) is 3.44. The monoisotopic (exact) mass is 297 g/mol. The van der Waals surface area contributed by atoms with E-state index in [-0.39, 0.29) is 5.69 Å². The van der Waals surface area contributed by atoms with E-state index < -0.39 is 0 Å². The molecule has 0 amide bonds. The first-order chi connectivity index (χ1) is 10.6. The van der Waals surface area contributed by atoms with E-state index in [1.54, 1.807) is 6.20 Å². The predicted octanol–water partition coefficient (Wildman–Crippen LogP) is 2.21. The molecule has 0 aliphatic heterocycles. The quantitative estimate of drug-likeness (QED) is 0.757. The normalized spacial score (nSPS) is 11.2. The number of hydrogen-bond acceptors (Lipinski definition) is 3. The second-order valence-corrected chi connectivity index (χ2v) is 5.80. The zero-order valence-corrected chi connectivity index (χ0v) is 12.7. The van der Waals surface area contributed by atoms with Crippen molar-refractivity contribution in [1.29, 1.82) is 0 Å². The largest absolute Gasteiger partial charge is 0.340 e. The summed E-state index contributed by atoms with van der Waals surface area (Å²) >= 11 is 0. The Morgan fingerprint density at radius 2 is 2.00 bits per heavy atom. The van der Waals surface area contributed by atoms with E-state index in [2.05, 4.69) is 58.3 Å². The van der Waals surface area contributed by atoms with Crippen LogP contribution >= 0.6 is 0 Å². The van der Waals surface area contributed by atoms with Crippen molar-refractivity contribution >= 4 is 0 Å². The molecule has 0 fully saturated rings. The van der Waals surface area contributed by atoms with Crippen LogP contribution < -0.4 is 5.69 Å². The second kappa shape index (κ2) is 6.01. The maximum Gasteiger partial charge on any atom is 0.340 e. The van der Waals surface area contributed by atoms with Crippen molar-refractivity contribution in [3.63, 3.8) is 0 Å². The van der Waals surface area contributed by atoms with Crippen LogP contribution in [0, 0.1) is 5.92 Å². The van der Waals surface area contributed by atoms with E-state index in [0.29, 0.717) is 18.3 Å². The number of rotatable bonds is 5. The van der Waals surface area contributed by atoms with Crippen LogP contribution in [0.15, 0.2) is 41.5 Å². The lowest BCUT2D eigenvalue weighted by molar-refractivity contribution is 0.647. The standard InChI is InChI=1S/C16H19N5O/c1-11(2)9-12-3-5-13(6-4-12)15-17-7-8-21(15)10-14-18-16(22)20-19-14/h3-8,11H,9-10H2,1-2H3,(H2,18,19,20,22). The molecule has 0 aliphatic carbocycles. The third kappa shape index (κ3) is 3.16. The van der Waals surface area contributed by atoms with Crippen molar-refractivity contribution in [2.75, 3.05) is 0 Å². The Morgan fingerprint density at radius 1 is 1.23 bits per heavy atom. The van der Waals surface area contributed by atoms with Gasteiger partial charge in [0.25, 0.3) is 0 Å². The Morgan fingerprint density at radius 3 is 2.64 bits per heavy atom. The Kier molecular flexibility index (Phi) is 3.91. The molecule has 0 bridgehead atoms. The van der Waals surface area contributed by atoms with Gasteiger partial charge in [-0.2, -0.15) is 5.10 Å². The van der Waals surface area contributed by atoms with Gasteiger partial charge >= 0.3 is 5.69 Å². The summed E-state index contributed by atoms with van der Waals surface area (Å²) in [6.45, 7) is 4.90. The first kappa shape index (κ1) is 14.3. The number of hydrogen-bond donors (Lipinski definition) is 2. The van der Waals surface area contributed by atoms with E-state index in [0.717, 1.165) is 17.8 Å². The van der Waals surface area contributed by atoms with Gasteiger partial charge in [-0.15, -0.1) is 0 Å².